The molecule has 1 aromatic carbocycles. The monoisotopic (exact) mass is 249 g/mol. The summed E-state index contributed by atoms with van der Waals surface area (Å²) in [6.07, 6.45) is 1.15. The number of nitrogens with zero attached hydrogens (tertiary/aromatic N) is 1. The first-order chi connectivity index (χ1) is 8.74. The number of morpholine rings is 1. The number of ether oxygens (including phenoxy) is 1. The Hall–Kier alpha value is -1.26. The Kier molecular flexibility index (Phi) is 4.84. The van der Waals surface area contributed by atoms with Gasteiger partial charge in [0.2, 0.25) is 0 Å². The van der Waals surface area contributed by atoms with Crippen LogP contribution in [0.5, 0.6) is 0 Å². The minimum atomic E-state index is 0.825. The fraction of sp³-hybridized carbons (Fsp3) is 0.571. The zero-order valence-electron chi connectivity index (χ0n) is 11.1. The number of anilines is 2. The molecule has 2 rings (SSSR count). The van der Waals surface area contributed by atoms with Crippen molar-refractivity contribution < 1.29 is 4.74 Å². The summed E-state index contributed by atoms with van der Waals surface area (Å²) in [5, 5.41) is 3.43. The molecule has 1 aliphatic rings. The van der Waals surface area contributed by atoms with Gasteiger partial charge in [0.05, 0.1) is 13.2 Å². The largest absolute Gasteiger partial charge is 0.399 e. The standard InChI is InChI=1S/C14H23N3O/c1-12-9-13(15)11-14(10-12)16-3-2-4-17-5-7-18-8-6-17/h9-11,16H,2-8,15H2,1H3. The minimum absolute atomic E-state index is 0.825. The fourth-order valence-electron chi connectivity index (χ4n) is 2.27. The molecule has 0 spiro atoms. The molecule has 0 radical (unpaired) electrons. The Labute approximate surface area is 109 Å². The Morgan fingerprint density at radius 2 is 2.06 bits per heavy atom. The zero-order valence-corrected chi connectivity index (χ0v) is 11.1. The molecule has 0 atom stereocenters. The highest BCUT2D eigenvalue weighted by molar-refractivity contribution is 5.56. The Balaban J connectivity index is 1.68. The highest BCUT2D eigenvalue weighted by atomic mass is 16.5. The SMILES string of the molecule is Cc1cc(N)cc(NCCCN2CCOCC2)c1. The molecule has 4 heteroatoms. The summed E-state index contributed by atoms with van der Waals surface area (Å²) >= 11 is 0. The van der Waals surface area contributed by atoms with E-state index in [0.717, 1.165) is 57.2 Å². The zero-order chi connectivity index (χ0) is 12.8. The number of hydrogen-bond donors (Lipinski definition) is 2. The summed E-state index contributed by atoms with van der Waals surface area (Å²) in [6, 6.07) is 6.10. The van der Waals surface area contributed by atoms with E-state index in [1.165, 1.54) is 5.56 Å². The number of nitrogen functional groups attached to an aromatic ring is 1. The highest BCUT2D eigenvalue weighted by Crippen LogP contribution is 2.15. The van der Waals surface area contributed by atoms with E-state index in [-0.39, 0.29) is 0 Å². The second-order valence-electron chi connectivity index (χ2n) is 4.87. The van der Waals surface area contributed by atoms with Crippen LogP contribution in [-0.2, 0) is 4.74 Å². The van der Waals surface area contributed by atoms with E-state index in [4.69, 9.17) is 10.5 Å². The Morgan fingerprint density at radius 3 is 2.78 bits per heavy atom. The van der Waals surface area contributed by atoms with Crippen LogP contribution in [0.1, 0.15) is 12.0 Å². The molecule has 0 bridgehead atoms. The summed E-state index contributed by atoms with van der Waals surface area (Å²) in [5.74, 6) is 0. The predicted molar refractivity (Wildman–Crippen MR) is 76.0 cm³/mol. The van der Waals surface area contributed by atoms with Gasteiger partial charge in [0.1, 0.15) is 0 Å². The van der Waals surface area contributed by atoms with Crippen molar-refractivity contribution in [3.63, 3.8) is 0 Å². The van der Waals surface area contributed by atoms with Crippen LogP contribution in [-0.4, -0.2) is 44.3 Å². The van der Waals surface area contributed by atoms with Crippen LogP contribution in [0.3, 0.4) is 0 Å². The van der Waals surface area contributed by atoms with Gasteiger partial charge in [0.25, 0.3) is 0 Å². The van der Waals surface area contributed by atoms with E-state index < -0.39 is 0 Å². The van der Waals surface area contributed by atoms with E-state index in [0.29, 0.717) is 0 Å². The number of aryl methyl sites for hydroxylation is 1. The molecular formula is C14H23N3O. The van der Waals surface area contributed by atoms with E-state index in [1.54, 1.807) is 0 Å². The van der Waals surface area contributed by atoms with Gasteiger partial charge in [-0.05, 0) is 43.7 Å². The molecule has 1 aliphatic heterocycles. The van der Waals surface area contributed by atoms with Gasteiger partial charge in [0.15, 0.2) is 0 Å². The third-order valence-corrected chi connectivity index (χ3v) is 3.18. The lowest BCUT2D eigenvalue weighted by Crippen LogP contribution is -2.37. The van der Waals surface area contributed by atoms with Crippen LogP contribution in [0, 0.1) is 6.92 Å². The average Bonchev–Trinajstić information content (AvgIpc) is 2.35. The molecule has 18 heavy (non-hydrogen) atoms. The molecule has 0 aromatic heterocycles. The third kappa shape index (κ3) is 4.20. The maximum atomic E-state index is 5.82. The average molecular weight is 249 g/mol. The molecule has 0 unspecified atom stereocenters. The van der Waals surface area contributed by atoms with Crippen LogP contribution in [0.2, 0.25) is 0 Å². The summed E-state index contributed by atoms with van der Waals surface area (Å²) in [7, 11) is 0. The molecule has 1 heterocycles. The first kappa shape index (κ1) is 13.2. The third-order valence-electron chi connectivity index (χ3n) is 3.18. The van der Waals surface area contributed by atoms with Gasteiger partial charge >= 0.3 is 0 Å². The highest BCUT2D eigenvalue weighted by Gasteiger charge is 2.08. The smallest absolute Gasteiger partial charge is 0.0594 e. The number of nitrogens with two attached hydrogens (primary N) is 1. The van der Waals surface area contributed by atoms with E-state index in [1.807, 2.05) is 12.1 Å². The molecule has 100 valence electrons. The van der Waals surface area contributed by atoms with Crippen molar-refractivity contribution in [3.05, 3.63) is 23.8 Å². The number of nitrogens with one attached hydrogen (secondary N) is 1. The Bertz CT molecular complexity index is 355. The van der Waals surface area contributed by atoms with Crippen molar-refractivity contribution in [1.29, 1.82) is 0 Å². The Morgan fingerprint density at radius 1 is 1.28 bits per heavy atom. The van der Waals surface area contributed by atoms with Crippen molar-refractivity contribution in [2.24, 2.45) is 0 Å². The number of rotatable bonds is 5. The van der Waals surface area contributed by atoms with Crippen molar-refractivity contribution in [2.45, 2.75) is 13.3 Å². The van der Waals surface area contributed by atoms with Crippen LogP contribution in [0.25, 0.3) is 0 Å². The molecular weight excluding hydrogens is 226 g/mol. The van der Waals surface area contributed by atoms with Crippen molar-refractivity contribution in [2.75, 3.05) is 50.4 Å². The van der Waals surface area contributed by atoms with Crippen molar-refractivity contribution in [1.82, 2.24) is 4.90 Å². The summed E-state index contributed by atoms with van der Waals surface area (Å²) in [6.45, 7) is 8.08. The van der Waals surface area contributed by atoms with Gasteiger partial charge in [-0.25, -0.2) is 0 Å². The lowest BCUT2D eigenvalue weighted by Gasteiger charge is -2.26. The van der Waals surface area contributed by atoms with Gasteiger partial charge in [-0.3, -0.25) is 4.90 Å². The summed E-state index contributed by atoms with van der Waals surface area (Å²) in [5.41, 5.74) is 8.96. The molecule has 1 fully saturated rings. The first-order valence-electron chi connectivity index (χ1n) is 6.65. The topological polar surface area (TPSA) is 50.5 Å². The molecule has 3 N–H and O–H groups in total. The lowest BCUT2D eigenvalue weighted by atomic mass is 10.2. The van der Waals surface area contributed by atoms with Gasteiger partial charge < -0.3 is 15.8 Å². The maximum Gasteiger partial charge on any atom is 0.0594 e. The minimum Gasteiger partial charge on any atom is -0.399 e. The van der Waals surface area contributed by atoms with Crippen LogP contribution < -0.4 is 11.1 Å². The van der Waals surface area contributed by atoms with Gasteiger partial charge in [0, 0.05) is 31.0 Å². The molecule has 1 saturated heterocycles. The van der Waals surface area contributed by atoms with E-state index >= 15 is 0 Å². The van der Waals surface area contributed by atoms with Crippen LogP contribution in [0.4, 0.5) is 11.4 Å². The molecule has 0 amide bonds. The normalized spacial score (nSPS) is 16.7. The maximum absolute atomic E-state index is 5.82. The quantitative estimate of drug-likeness (QED) is 0.616. The first-order valence-corrected chi connectivity index (χ1v) is 6.65. The van der Waals surface area contributed by atoms with Crippen LogP contribution >= 0.6 is 0 Å². The number of benzene rings is 1. The van der Waals surface area contributed by atoms with E-state index in [2.05, 4.69) is 23.2 Å². The molecule has 0 saturated carbocycles. The fourth-order valence-corrected chi connectivity index (χ4v) is 2.27. The van der Waals surface area contributed by atoms with Gasteiger partial charge in [-0.2, -0.15) is 0 Å². The van der Waals surface area contributed by atoms with Gasteiger partial charge in [-0.1, -0.05) is 0 Å². The number of hydrogen-bond acceptors (Lipinski definition) is 4. The van der Waals surface area contributed by atoms with Gasteiger partial charge in [-0.15, -0.1) is 0 Å². The molecule has 4 nitrogen and oxygen atoms in total. The molecule has 0 aliphatic carbocycles. The van der Waals surface area contributed by atoms with Crippen molar-refractivity contribution >= 4 is 11.4 Å². The second-order valence-corrected chi connectivity index (χ2v) is 4.87. The van der Waals surface area contributed by atoms with Crippen molar-refractivity contribution in [3.8, 4) is 0 Å². The second kappa shape index (κ2) is 6.61. The van der Waals surface area contributed by atoms with E-state index in [9.17, 15) is 0 Å². The lowest BCUT2D eigenvalue weighted by molar-refractivity contribution is 0.0378. The summed E-state index contributed by atoms with van der Waals surface area (Å²) in [4.78, 5) is 2.45. The summed E-state index contributed by atoms with van der Waals surface area (Å²) < 4.78 is 5.33. The molecule has 1 aromatic rings. The predicted octanol–water partition coefficient (Wildman–Crippen LogP) is 1.71. The van der Waals surface area contributed by atoms with Crippen LogP contribution in [0.15, 0.2) is 18.2 Å².